The van der Waals surface area contributed by atoms with Gasteiger partial charge in [-0.1, -0.05) is 30.3 Å². The summed E-state index contributed by atoms with van der Waals surface area (Å²) >= 11 is 0. The topological polar surface area (TPSA) is 186 Å². The number of hydrogen-bond acceptors (Lipinski definition) is 9. The number of nitrogens with one attached hydrogen (secondary N) is 2. The Labute approximate surface area is 179 Å². The summed E-state index contributed by atoms with van der Waals surface area (Å²) in [5.74, 6) is -1.95. The molecule has 0 saturated carbocycles. The second-order valence-electron chi connectivity index (χ2n) is 6.92. The van der Waals surface area contributed by atoms with Gasteiger partial charge in [0.25, 0.3) is 0 Å². The van der Waals surface area contributed by atoms with E-state index < -0.39 is 48.8 Å². The van der Waals surface area contributed by atoms with E-state index in [4.69, 9.17) is 9.84 Å². The minimum atomic E-state index is -1.84. The number of carbonyl (C=O) groups is 3. The molecule has 1 amide bonds. The van der Waals surface area contributed by atoms with Crippen molar-refractivity contribution in [2.75, 3.05) is 19.7 Å². The fourth-order valence-electron chi connectivity index (χ4n) is 2.59. The molecule has 0 aliphatic rings. The zero-order valence-electron chi connectivity index (χ0n) is 17.0. The molecule has 0 saturated heterocycles. The molecule has 0 spiro atoms. The third kappa shape index (κ3) is 10.3. The number of aliphatic hydroxyl groups excluding tert-OH is 4. The summed E-state index contributed by atoms with van der Waals surface area (Å²) in [6.07, 6.45) is -5.03. The Morgan fingerprint density at radius 3 is 2.32 bits per heavy atom. The van der Waals surface area contributed by atoms with Crippen molar-refractivity contribution >= 4 is 17.8 Å². The Bertz CT molecular complexity index is 686. The zero-order chi connectivity index (χ0) is 23.2. The van der Waals surface area contributed by atoms with Crippen LogP contribution in [0.2, 0.25) is 0 Å². The number of carbonyl (C=O) groups excluding carboxylic acids is 2. The molecule has 174 valence electrons. The first kappa shape index (κ1) is 26.5. The normalized spacial score (nSPS) is 14.8. The van der Waals surface area contributed by atoms with Crippen LogP contribution in [0.25, 0.3) is 0 Å². The number of amides is 1. The maximum absolute atomic E-state index is 11.8. The number of aliphatic hydroxyl groups is 4. The molecular weight excluding hydrogens is 412 g/mol. The third-order valence-corrected chi connectivity index (χ3v) is 4.43. The molecule has 0 radical (unpaired) electrons. The predicted octanol–water partition coefficient (Wildman–Crippen LogP) is -1.23. The van der Waals surface area contributed by atoms with Gasteiger partial charge < -0.3 is 40.9 Å². The maximum atomic E-state index is 11.8. The number of hydrogen-bond donors (Lipinski definition) is 7. The van der Waals surface area contributed by atoms with Crippen molar-refractivity contribution in [1.82, 2.24) is 10.6 Å². The van der Waals surface area contributed by atoms with E-state index in [1.54, 1.807) is 24.3 Å². The van der Waals surface area contributed by atoms with Crippen molar-refractivity contribution < 1.29 is 44.7 Å². The molecule has 31 heavy (non-hydrogen) atoms. The van der Waals surface area contributed by atoms with Gasteiger partial charge in [0.05, 0.1) is 13.2 Å². The van der Waals surface area contributed by atoms with Gasteiger partial charge in [-0.15, -0.1) is 0 Å². The molecule has 1 aromatic carbocycles. The van der Waals surface area contributed by atoms with E-state index in [0.717, 1.165) is 5.56 Å². The van der Waals surface area contributed by atoms with Gasteiger partial charge in [0.2, 0.25) is 0 Å². The van der Waals surface area contributed by atoms with Crippen LogP contribution in [-0.4, -0.2) is 87.4 Å². The maximum Gasteiger partial charge on any atom is 0.408 e. The molecule has 0 aromatic heterocycles. The average molecular weight is 442 g/mol. The molecule has 11 heteroatoms. The molecule has 4 atom stereocenters. The van der Waals surface area contributed by atoms with Crippen molar-refractivity contribution in [3.63, 3.8) is 0 Å². The molecular formula is C20H30N2O9. The highest BCUT2D eigenvalue weighted by molar-refractivity contribution is 5.85. The zero-order valence-corrected chi connectivity index (χ0v) is 17.0. The highest BCUT2D eigenvalue weighted by Gasteiger charge is 2.29. The summed E-state index contributed by atoms with van der Waals surface area (Å²) in [5, 5.41) is 51.3. The van der Waals surface area contributed by atoms with E-state index in [2.05, 4.69) is 10.6 Å². The van der Waals surface area contributed by atoms with Crippen LogP contribution in [0.5, 0.6) is 0 Å². The lowest BCUT2D eigenvalue weighted by atomic mass is 10.0. The lowest BCUT2D eigenvalue weighted by Crippen LogP contribution is -2.46. The highest BCUT2D eigenvalue weighted by Crippen LogP contribution is 2.05. The van der Waals surface area contributed by atoms with Crippen molar-refractivity contribution in [3.8, 4) is 0 Å². The number of alkyl carbamates (subject to hydrolysis) is 1. The molecule has 1 rings (SSSR count). The number of unbranched alkanes of at least 4 members (excludes halogenated alkanes) is 1. The molecule has 11 nitrogen and oxygen atoms in total. The molecule has 0 heterocycles. The lowest BCUT2D eigenvalue weighted by molar-refractivity contribution is -0.140. The number of benzene rings is 1. The van der Waals surface area contributed by atoms with Gasteiger partial charge in [0.15, 0.2) is 5.78 Å². The summed E-state index contributed by atoms with van der Waals surface area (Å²) < 4.78 is 5.01. The van der Waals surface area contributed by atoms with E-state index in [1.165, 1.54) is 0 Å². The molecule has 0 aliphatic heterocycles. The van der Waals surface area contributed by atoms with Gasteiger partial charge in [-0.25, -0.2) is 9.59 Å². The average Bonchev–Trinajstić information content (AvgIpc) is 2.77. The van der Waals surface area contributed by atoms with E-state index in [1.807, 2.05) is 6.07 Å². The first-order valence-electron chi connectivity index (χ1n) is 9.84. The van der Waals surface area contributed by atoms with E-state index in [9.17, 15) is 34.8 Å². The largest absolute Gasteiger partial charge is 0.480 e. The third-order valence-electron chi connectivity index (χ3n) is 4.43. The summed E-state index contributed by atoms with van der Waals surface area (Å²) in [4.78, 5) is 34.8. The quantitative estimate of drug-likeness (QED) is 0.162. The van der Waals surface area contributed by atoms with Gasteiger partial charge in [-0.2, -0.15) is 0 Å². The Hall–Kier alpha value is -2.57. The van der Waals surface area contributed by atoms with Crippen LogP contribution in [0.3, 0.4) is 0 Å². The lowest BCUT2D eigenvalue weighted by Gasteiger charge is -2.20. The van der Waals surface area contributed by atoms with Crippen molar-refractivity contribution in [2.24, 2.45) is 0 Å². The number of rotatable bonds is 15. The number of aliphatic carboxylic acids is 1. The Kier molecular flexibility index (Phi) is 12.3. The number of Topliss-reactive ketones (excluding diaryl/α,β-unsaturated/α-hetero) is 1. The van der Waals surface area contributed by atoms with E-state index >= 15 is 0 Å². The minimum Gasteiger partial charge on any atom is -0.480 e. The van der Waals surface area contributed by atoms with Gasteiger partial charge in [-0.3, -0.25) is 4.79 Å². The monoisotopic (exact) mass is 442 g/mol. The number of carboxylic acid groups (broad SMARTS) is 1. The number of carboxylic acids is 1. The molecule has 7 N–H and O–H groups in total. The van der Waals surface area contributed by atoms with Crippen LogP contribution in [0.4, 0.5) is 4.79 Å². The van der Waals surface area contributed by atoms with Gasteiger partial charge in [-0.05, 0) is 31.4 Å². The SMILES string of the molecule is O=C(N[C@@H](CCCCNCC(=O)[C@@H](O)[C@H](O)[C@H](O)CO)C(=O)O)OCc1ccccc1. The fraction of sp³-hybridized carbons (Fsp3) is 0.550. The minimum absolute atomic E-state index is 0.0207. The van der Waals surface area contributed by atoms with Crippen LogP contribution in [0, 0.1) is 0 Å². The van der Waals surface area contributed by atoms with Crippen LogP contribution < -0.4 is 10.6 Å². The van der Waals surface area contributed by atoms with Crippen LogP contribution >= 0.6 is 0 Å². The smallest absolute Gasteiger partial charge is 0.408 e. The van der Waals surface area contributed by atoms with Crippen LogP contribution in [0.1, 0.15) is 24.8 Å². The summed E-state index contributed by atoms with van der Waals surface area (Å²) in [6, 6.07) is 7.82. The predicted molar refractivity (Wildman–Crippen MR) is 108 cm³/mol. The van der Waals surface area contributed by atoms with Crippen LogP contribution in [-0.2, 0) is 20.9 Å². The van der Waals surface area contributed by atoms with Gasteiger partial charge in [0, 0.05) is 0 Å². The van der Waals surface area contributed by atoms with Crippen LogP contribution in [0.15, 0.2) is 30.3 Å². The second kappa shape index (κ2) is 14.4. The molecule has 0 unspecified atom stereocenters. The molecule has 0 aliphatic carbocycles. The fourth-order valence-corrected chi connectivity index (χ4v) is 2.59. The molecule has 0 fully saturated rings. The summed E-state index contributed by atoms with van der Waals surface area (Å²) in [5.41, 5.74) is 0.772. The summed E-state index contributed by atoms with van der Waals surface area (Å²) in [7, 11) is 0. The van der Waals surface area contributed by atoms with E-state index in [-0.39, 0.29) is 19.6 Å². The van der Waals surface area contributed by atoms with Crippen molar-refractivity contribution in [3.05, 3.63) is 35.9 Å². The Balaban J connectivity index is 2.25. The van der Waals surface area contributed by atoms with Gasteiger partial charge >= 0.3 is 12.1 Å². The molecule has 1 aromatic rings. The number of ether oxygens (including phenoxy) is 1. The Morgan fingerprint density at radius 2 is 1.71 bits per heavy atom. The number of ketones is 1. The molecule has 0 bridgehead atoms. The second-order valence-corrected chi connectivity index (χ2v) is 6.92. The van der Waals surface area contributed by atoms with Gasteiger partial charge in [0.1, 0.15) is 31.0 Å². The van der Waals surface area contributed by atoms with E-state index in [0.29, 0.717) is 19.4 Å². The first-order chi connectivity index (χ1) is 14.8. The first-order valence-corrected chi connectivity index (χ1v) is 9.84. The highest BCUT2D eigenvalue weighted by atomic mass is 16.5. The Morgan fingerprint density at radius 1 is 1.03 bits per heavy atom. The van der Waals surface area contributed by atoms with Crippen molar-refractivity contribution in [2.45, 2.75) is 50.2 Å². The standard InChI is InChI=1S/C20H30N2O9/c23-11-16(25)18(27)17(26)15(24)10-21-9-5-4-8-14(19(28)29)22-20(30)31-12-13-6-2-1-3-7-13/h1-3,6-7,14,16-18,21,23,25-27H,4-5,8-12H2,(H,22,30)(H,28,29)/t14-,16+,17+,18+/m0/s1. The van der Waals surface area contributed by atoms with Crippen molar-refractivity contribution in [1.29, 1.82) is 0 Å². The summed E-state index contributed by atoms with van der Waals surface area (Å²) in [6.45, 7) is -0.727.